The van der Waals surface area contributed by atoms with E-state index in [0.29, 0.717) is 38.9 Å². The fraction of sp³-hybridized carbons (Fsp3) is 0.758. The number of benzene rings is 1. The molecule has 0 saturated carbocycles. The van der Waals surface area contributed by atoms with Crippen molar-refractivity contribution in [2.45, 2.75) is 146 Å². The number of sulfonamides is 1. The van der Waals surface area contributed by atoms with E-state index in [1.807, 2.05) is 12.1 Å². The van der Waals surface area contributed by atoms with Crippen LogP contribution < -0.4 is 5.32 Å². The summed E-state index contributed by atoms with van der Waals surface area (Å²) in [5.74, 6) is -0.334. The fourth-order valence-electron chi connectivity index (χ4n) is 6.13. The molecule has 0 spiro atoms. The summed E-state index contributed by atoms with van der Waals surface area (Å²) in [7, 11) is -3.82. The molecule has 1 aromatic carbocycles. The van der Waals surface area contributed by atoms with Crippen LogP contribution in [-0.2, 0) is 25.0 Å². The van der Waals surface area contributed by atoms with Crippen molar-refractivity contribution in [3.63, 3.8) is 0 Å². The summed E-state index contributed by atoms with van der Waals surface area (Å²) in [6.45, 7) is 10.1. The maximum Gasteiger partial charge on any atom is 0.243 e. The molecule has 0 unspecified atom stereocenters. The SMILES string of the molecule is CCCCCCCCCCCCNC(=O)[C@@H]1CCCN1C(=O)[C@@H]1CCCN1S(=O)(=O)c1ccc(C(C)(C)CC)cc1. The third-order valence-corrected chi connectivity index (χ3v) is 11.2. The second-order valence-corrected chi connectivity index (χ2v) is 14.6. The fourth-order valence-corrected chi connectivity index (χ4v) is 7.78. The van der Waals surface area contributed by atoms with E-state index in [0.717, 1.165) is 31.2 Å². The third-order valence-electron chi connectivity index (χ3n) is 9.28. The van der Waals surface area contributed by atoms with Crippen molar-refractivity contribution in [1.82, 2.24) is 14.5 Å². The van der Waals surface area contributed by atoms with Crippen LogP contribution in [0, 0.1) is 0 Å². The maximum absolute atomic E-state index is 13.7. The van der Waals surface area contributed by atoms with Gasteiger partial charge in [0.1, 0.15) is 12.1 Å². The zero-order chi connectivity index (χ0) is 29.9. The minimum Gasteiger partial charge on any atom is -0.354 e. The number of amides is 2. The second kappa shape index (κ2) is 16.1. The first-order valence-electron chi connectivity index (χ1n) is 16.3. The molecule has 2 aliphatic heterocycles. The van der Waals surface area contributed by atoms with E-state index in [4.69, 9.17) is 0 Å². The Labute approximate surface area is 249 Å². The van der Waals surface area contributed by atoms with Crippen LogP contribution >= 0.6 is 0 Å². The van der Waals surface area contributed by atoms with Gasteiger partial charge in [-0.3, -0.25) is 9.59 Å². The Morgan fingerprint density at radius 1 is 0.829 bits per heavy atom. The average molecular weight is 590 g/mol. The Morgan fingerprint density at radius 3 is 2.00 bits per heavy atom. The van der Waals surface area contributed by atoms with Crippen molar-refractivity contribution in [3.8, 4) is 0 Å². The topological polar surface area (TPSA) is 86.8 Å². The lowest BCUT2D eigenvalue weighted by molar-refractivity contribution is -0.140. The zero-order valence-corrected chi connectivity index (χ0v) is 26.9. The van der Waals surface area contributed by atoms with Gasteiger partial charge in [-0.1, -0.05) is 97.6 Å². The molecule has 8 heteroatoms. The van der Waals surface area contributed by atoms with E-state index in [-0.39, 0.29) is 22.1 Å². The highest BCUT2D eigenvalue weighted by Crippen LogP contribution is 2.32. The number of hydrogen-bond donors (Lipinski definition) is 1. The van der Waals surface area contributed by atoms with Gasteiger partial charge in [0.05, 0.1) is 4.90 Å². The minimum atomic E-state index is -3.82. The van der Waals surface area contributed by atoms with E-state index in [2.05, 4.69) is 33.0 Å². The van der Waals surface area contributed by atoms with Gasteiger partial charge < -0.3 is 10.2 Å². The molecule has 0 radical (unpaired) electrons. The highest BCUT2D eigenvalue weighted by molar-refractivity contribution is 7.89. The Hall–Kier alpha value is -1.93. The zero-order valence-electron chi connectivity index (χ0n) is 26.1. The van der Waals surface area contributed by atoms with Gasteiger partial charge in [-0.25, -0.2) is 8.42 Å². The molecule has 2 saturated heterocycles. The van der Waals surface area contributed by atoms with Crippen molar-refractivity contribution in [3.05, 3.63) is 29.8 Å². The van der Waals surface area contributed by atoms with Gasteiger partial charge in [-0.05, 0) is 61.6 Å². The molecular formula is C33H55N3O4S. The van der Waals surface area contributed by atoms with E-state index in [1.165, 1.54) is 55.7 Å². The van der Waals surface area contributed by atoms with Crippen LogP contribution in [0.2, 0.25) is 0 Å². The highest BCUT2D eigenvalue weighted by Gasteiger charge is 2.44. The predicted molar refractivity (Wildman–Crippen MR) is 166 cm³/mol. The average Bonchev–Trinajstić information content (AvgIpc) is 3.67. The molecular weight excluding hydrogens is 534 g/mol. The molecule has 2 heterocycles. The number of nitrogens with zero attached hydrogens (tertiary/aromatic N) is 2. The molecule has 1 aromatic rings. The normalized spacial score (nSPS) is 20.0. The summed E-state index contributed by atoms with van der Waals surface area (Å²) < 4.78 is 28.6. The van der Waals surface area contributed by atoms with E-state index >= 15 is 0 Å². The first-order valence-corrected chi connectivity index (χ1v) is 17.8. The van der Waals surface area contributed by atoms with E-state index in [1.54, 1.807) is 17.0 Å². The number of hydrogen-bond acceptors (Lipinski definition) is 4. The largest absolute Gasteiger partial charge is 0.354 e. The van der Waals surface area contributed by atoms with Gasteiger partial charge in [0.2, 0.25) is 21.8 Å². The number of unbranched alkanes of at least 4 members (excludes halogenated alkanes) is 9. The van der Waals surface area contributed by atoms with Crippen molar-refractivity contribution >= 4 is 21.8 Å². The summed E-state index contributed by atoms with van der Waals surface area (Å²) >= 11 is 0. The molecule has 3 rings (SSSR count). The Morgan fingerprint density at radius 2 is 1.39 bits per heavy atom. The van der Waals surface area contributed by atoms with Crippen LogP contribution in [0.25, 0.3) is 0 Å². The van der Waals surface area contributed by atoms with Crippen LogP contribution in [-0.4, -0.2) is 61.2 Å². The molecule has 2 amide bonds. The number of likely N-dealkylation sites (tertiary alicyclic amines) is 1. The Kier molecular flexibility index (Phi) is 13.2. The first kappa shape index (κ1) is 33.6. The van der Waals surface area contributed by atoms with Gasteiger partial charge in [0.15, 0.2) is 0 Å². The third kappa shape index (κ3) is 9.03. The Balaban J connectivity index is 1.50. The van der Waals surface area contributed by atoms with Crippen LogP contribution in [0.3, 0.4) is 0 Å². The highest BCUT2D eigenvalue weighted by atomic mass is 32.2. The van der Waals surface area contributed by atoms with Crippen LogP contribution in [0.15, 0.2) is 29.2 Å². The maximum atomic E-state index is 13.7. The van der Waals surface area contributed by atoms with Gasteiger partial charge >= 0.3 is 0 Å². The number of nitrogens with one attached hydrogen (secondary N) is 1. The van der Waals surface area contributed by atoms with Gasteiger partial charge in [0.25, 0.3) is 0 Å². The molecule has 0 aliphatic carbocycles. The monoisotopic (exact) mass is 589 g/mol. The lowest BCUT2D eigenvalue weighted by Gasteiger charge is -2.30. The molecule has 2 fully saturated rings. The predicted octanol–water partition coefficient (Wildman–Crippen LogP) is 6.56. The number of rotatable bonds is 17. The van der Waals surface area contributed by atoms with Crippen LogP contribution in [0.1, 0.15) is 130 Å². The van der Waals surface area contributed by atoms with E-state index < -0.39 is 22.1 Å². The first-order chi connectivity index (χ1) is 19.6. The van der Waals surface area contributed by atoms with Crippen LogP contribution in [0.4, 0.5) is 0 Å². The van der Waals surface area contributed by atoms with Crippen molar-refractivity contribution in [2.75, 3.05) is 19.6 Å². The molecule has 41 heavy (non-hydrogen) atoms. The molecule has 7 nitrogen and oxygen atoms in total. The molecule has 0 bridgehead atoms. The summed E-state index contributed by atoms with van der Waals surface area (Å²) in [5, 5.41) is 3.05. The molecule has 1 N–H and O–H groups in total. The van der Waals surface area contributed by atoms with Crippen molar-refractivity contribution in [1.29, 1.82) is 0 Å². The lowest BCUT2D eigenvalue weighted by atomic mass is 9.82. The quantitative estimate of drug-likeness (QED) is 0.209. The molecule has 0 aromatic heterocycles. The number of carbonyl (C=O) groups excluding carboxylic acids is 2. The lowest BCUT2D eigenvalue weighted by Crippen LogP contribution is -2.52. The minimum absolute atomic E-state index is 0.0344. The summed E-state index contributed by atoms with van der Waals surface area (Å²) in [6, 6.07) is 5.86. The molecule has 2 atom stereocenters. The van der Waals surface area contributed by atoms with Crippen molar-refractivity contribution < 1.29 is 18.0 Å². The van der Waals surface area contributed by atoms with Gasteiger partial charge in [-0.15, -0.1) is 0 Å². The van der Waals surface area contributed by atoms with Crippen LogP contribution in [0.5, 0.6) is 0 Å². The Bertz CT molecular complexity index is 1070. The van der Waals surface area contributed by atoms with Gasteiger partial charge in [0, 0.05) is 19.6 Å². The standard InChI is InChI=1S/C33H55N3O4S/c1-5-7-8-9-10-11-12-13-14-15-24-34-31(37)29-18-16-25-35(29)32(38)30-19-17-26-36(30)41(39,40)28-22-20-27(21-23-28)33(3,4)6-2/h20-23,29-30H,5-19,24-26H2,1-4H3,(H,34,37)/t29-,30-/m0/s1. The molecule has 2 aliphatic rings. The summed E-state index contributed by atoms with van der Waals surface area (Å²) in [6.07, 6.45) is 15.9. The smallest absolute Gasteiger partial charge is 0.243 e. The second-order valence-electron chi connectivity index (χ2n) is 12.7. The van der Waals surface area contributed by atoms with E-state index in [9.17, 15) is 18.0 Å². The summed E-state index contributed by atoms with van der Waals surface area (Å²) in [4.78, 5) is 28.6. The summed E-state index contributed by atoms with van der Waals surface area (Å²) in [5.41, 5.74) is 1.06. The molecule has 232 valence electrons. The van der Waals surface area contributed by atoms with Crippen molar-refractivity contribution in [2.24, 2.45) is 0 Å². The van der Waals surface area contributed by atoms with Gasteiger partial charge in [-0.2, -0.15) is 4.31 Å². The number of carbonyl (C=O) groups is 2.